The largest absolute Gasteiger partial charge is 0.507 e. The minimum atomic E-state index is -0.638. The minimum absolute atomic E-state index is 0.00978. The van der Waals surface area contributed by atoms with Gasteiger partial charge in [0.05, 0.1) is 24.8 Å². The predicted molar refractivity (Wildman–Crippen MR) is 124 cm³/mol. The molecule has 6 nitrogen and oxygen atoms in total. The lowest BCUT2D eigenvalue weighted by Crippen LogP contribution is -2.37. The van der Waals surface area contributed by atoms with Crippen LogP contribution in [0.5, 0.6) is 11.5 Å². The van der Waals surface area contributed by atoms with Gasteiger partial charge >= 0.3 is 0 Å². The zero-order valence-corrected chi connectivity index (χ0v) is 18.9. The zero-order chi connectivity index (χ0) is 22.9. The zero-order valence-electron chi connectivity index (χ0n) is 18.9. The second-order valence-corrected chi connectivity index (χ2v) is 8.92. The molecule has 1 N–H and O–H groups in total. The van der Waals surface area contributed by atoms with Crippen molar-refractivity contribution in [3.63, 3.8) is 0 Å². The first-order valence-electron chi connectivity index (χ1n) is 11.9. The van der Waals surface area contributed by atoms with E-state index >= 15 is 0 Å². The maximum Gasteiger partial charge on any atom is 0.295 e. The van der Waals surface area contributed by atoms with E-state index in [1.54, 1.807) is 11.0 Å². The number of likely N-dealkylation sites (tertiary alicyclic amines) is 1. The molecule has 2 heterocycles. The molecule has 1 atom stereocenters. The lowest BCUT2D eigenvalue weighted by Gasteiger charge is -2.31. The van der Waals surface area contributed by atoms with Gasteiger partial charge in [0.1, 0.15) is 17.3 Å². The molecule has 1 saturated heterocycles. The maximum absolute atomic E-state index is 13.3. The van der Waals surface area contributed by atoms with Crippen molar-refractivity contribution in [3.05, 3.63) is 64.7 Å². The summed E-state index contributed by atoms with van der Waals surface area (Å²) in [5.41, 5.74) is 2.46. The van der Waals surface area contributed by atoms with Crippen molar-refractivity contribution < 1.29 is 24.2 Å². The van der Waals surface area contributed by atoms with Crippen LogP contribution < -0.4 is 9.47 Å². The molecule has 1 saturated carbocycles. The van der Waals surface area contributed by atoms with Crippen molar-refractivity contribution in [2.24, 2.45) is 0 Å². The number of aliphatic hydroxyl groups is 1. The molecule has 1 aliphatic carbocycles. The van der Waals surface area contributed by atoms with Gasteiger partial charge in [0, 0.05) is 11.6 Å². The van der Waals surface area contributed by atoms with Crippen molar-refractivity contribution in [3.8, 4) is 11.5 Å². The highest BCUT2D eigenvalue weighted by molar-refractivity contribution is 6.46. The fourth-order valence-corrected chi connectivity index (χ4v) is 5.34. The van der Waals surface area contributed by atoms with Crippen LogP contribution in [-0.4, -0.2) is 41.0 Å². The fraction of sp³-hybridized carbons (Fsp3) is 0.407. The fourth-order valence-electron chi connectivity index (χ4n) is 5.34. The molecule has 0 bridgehead atoms. The van der Waals surface area contributed by atoms with Crippen molar-refractivity contribution >= 4 is 17.4 Å². The summed E-state index contributed by atoms with van der Waals surface area (Å²) in [6.07, 6.45) is 5.56. The minimum Gasteiger partial charge on any atom is -0.507 e. The van der Waals surface area contributed by atoms with Crippen LogP contribution in [0.25, 0.3) is 5.76 Å². The molecule has 2 aromatic carbocycles. The molecule has 6 heteroatoms. The molecule has 1 unspecified atom stereocenters. The number of aliphatic hydroxyl groups excluding tert-OH is 1. The van der Waals surface area contributed by atoms with Gasteiger partial charge in [0.15, 0.2) is 0 Å². The lowest BCUT2D eigenvalue weighted by molar-refractivity contribution is -0.141. The topological polar surface area (TPSA) is 76.1 Å². The number of nitrogens with zero attached hydrogens (tertiary/aromatic N) is 1. The highest BCUT2D eigenvalue weighted by Gasteiger charge is 2.49. The number of carbonyl (C=O) groups is 2. The van der Waals surface area contributed by atoms with E-state index in [1.807, 2.05) is 43.3 Å². The Hall–Kier alpha value is -3.28. The van der Waals surface area contributed by atoms with Crippen molar-refractivity contribution in [2.45, 2.75) is 57.5 Å². The highest BCUT2D eigenvalue weighted by Crippen LogP contribution is 2.44. The third kappa shape index (κ3) is 3.88. The van der Waals surface area contributed by atoms with Crippen LogP contribution in [0.15, 0.2) is 48.0 Å². The smallest absolute Gasteiger partial charge is 0.295 e. The van der Waals surface area contributed by atoms with Crippen LogP contribution in [0.4, 0.5) is 0 Å². The number of amides is 1. The van der Waals surface area contributed by atoms with Gasteiger partial charge in [-0.05, 0) is 74.1 Å². The summed E-state index contributed by atoms with van der Waals surface area (Å²) >= 11 is 0. The first kappa shape index (κ1) is 21.6. The molecule has 5 rings (SSSR count). The van der Waals surface area contributed by atoms with Crippen molar-refractivity contribution in [2.75, 3.05) is 13.2 Å². The number of benzene rings is 2. The van der Waals surface area contributed by atoms with Crippen molar-refractivity contribution in [1.82, 2.24) is 4.90 Å². The van der Waals surface area contributed by atoms with Gasteiger partial charge in [-0.3, -0.25) is 9.59 Å². The Labute approximate surface area is 193 Å². The van der Waals surface area contributed by atoms with E-state index in [9.17, 15) is 14.7 Å². The number of carbonyl (C=O) groups excluding carboxylic acids is 2. The summed E-state index contributed by atoms with van der Waals surface area (Å²) in [5, 5.41) is 11.4. The Morgan fingerprint density at radius 2 is 1.94 bits per heavy atom. The third-order valence-corrected chi connectivity index (χ3v) is 6.86. The number of aryl methyl sites for hydroxylation is 1. The number of ether oxygens (including phenoxy) is 2. The normalized spacial score (nSPS) is 22.3. The van der Waals surface area contributed by atoms with Crippen molar-refractivity contribution in [1.29, 1.82) is 0 Å². The monoisotopic (exact) mass is 447 g/mol. The number of ketones is 1. The van der Waals surface area contributed by atoms with Gasteiger partial charge in [-0.2, -0.15) is 0 Å². The molecule has 0 spiro atoms. The van der Waals surface area contributed by atoms with E-state index < -0.39 is 17.7 Å². The third-order valence-electron chi connectivity index (χ3n) is 6.86. The van der Waals surface area contributed by atoms with Crippen LogP contribution in [-0.2, 0) is 16.0 Å². The Balaban J connectivity index is 1.64. The van der Waals surface area contributed by atoms with E-state index in [4.69, 9.17) is 9.47 Å². The predicted octanol–water partition coefficient (Wildman–Crippen LogP) is 4.77. The Kier molecular flexibility index (Phi) is 5.83. The molecule has 2 aromatic rings. The summed E-state index contributed by atoms with van der Waals surface area (Å²) in [6.45, 7) is 3.11. The lowest BCUT2D eigenvalue weighted by atomic mass is 9.93. The summed E-state index contributed by atoms with van der Waals surface area (Å²) in [5.74, 6) is 0.203. The summed E-state index contributed by atoms with van der Waals surface area (Å²) < 4.78 is 11.4. The van der Waals surface area contributed by atoms with Gasteiger partial charge in [-0.25, -0.2) is 0 Å². The molecule has 0 radical (unpaired) electrons. The average Bonchev–Trinajstić information content (AvgIpc) is 3.45. The molecule has 0 aromatic heterocycles. The quantitative estimate of drug-likeness (QED) is 0.406. The molecule has 2 aliphatic heterocycles. The van der Waals surface area contributed by atoms with E-state index in [2.05, 4.69) is 0 Å². The molecule has 2 fully saturated rings. The van der Waals surface area contributed by atoms with Crippen LogP contribution in [0, 0.1) is 0 Å². The maximum atomic E-state index is 13.3. The van der Waals surface area contributed by atoms with Crippen LogP contribution in [0.3, 0.4) is 0 Å². The number of hydrogen-bond acceptors (Lipinski definition) is 5. The molecule has 172 valence electrons. The first-order valence-corrected chi connectivity index (χ1v) is 11.9. The molecular weight excluding hydrogens is 418 g/mol. The number of rotatable bonds is 5. The first-order chi connectivity index (χ1) is 16.1. The molecular formula is C27H29NO5. The Morgan fingerprint density at radius 1 is 1.12 bits per heavy atom. The second kappa shape index (κ2) is 8.93. The molecule has 33 heavy (non-hydrogen) atoms. The van der Waals surface area contributed by atoms with Crippen LogP contribution >= 0.6 is 0 Å². The van der Waals surface area contributed by atoms with Crippen LogP contribution in [0.1, 0.15) is 61.8 Å². The van der Waals surface area contributed by atoms with Gasteiger partial charge in [0.25, 0.3) is 11.7 Å². The van der Waals surface area contributed by atoms with E-state index in [1.165, 1.54) is 0 Å². The second-order valence-electron chi connectivity index (χ2n) is 8.92. The number of hydrogen-bond donors (Lipinski definition) is 1. The van der Waals surface area contributed by atoms with E-state index in [0.29, 0.717) is 24.5 Å². The van der Waals surface area contributed by atoms with E-state index in [0.717, 1.165) is 55.4 Å². The van der Waals surface area contributed by atoms with E-state index in [-0.39, 0.29) is 17.4 Å². The number of fused-ring (bicyclic) bond motifs is 1. The highest BCUT2D eigenvalue weighted by atomic mass is 16.5. The summed E-state index contributed by atoms with van der Waals surface area (Å²) in [7, 11) is 0. The standard InChI is InChI=1S/C27H29NO5/c1-2-32-21-11-5-7-18(16-21)24-23(26(30)27(31)28(24)20-9-3-4-10-20)25(29)19-12-13-22-17(15-19)8-6-14-33-22/h5,7,11-13,15-16,20,24,29H,2-4,6,8-10,14H2,1H3/b25-23-. The molecule has 3 aliphatic rings. The Morgan fingerprint density at radius 3 is 2.73 bits per heavy atom. The van der Waals surface area contributed by atoms with Gasteiger partial charge < -0.3 is 19.5 Å². The SMILES string of the molecule is CCOc1cccc(C2/C(=C(/O)c3ccc4c(c3)CCCO4)C(=O)C(=O)N2C2CCCC2)c1. The summed E-state index contributed by atoms with van der Waals surface area (Å²) in [6, 6.07) is 12.3. The van der Waals surface area contributed by atoms with Gasteiger partial charge in [-0.1, -0.05) is 25.0 Å². The number of Topliss-reactive ketones (excluding diaryl/α,β-unsaturated/α-hetero) is 1. The average molecular weight is 448 g/mol. The van der Waals surface area contributed by atoms with Gasteiger partial charge in [0.2, 0.25) is 0 Å². The van der Waals surface area contributed by atoms with Gasteiger partial charge in [-0.15, -0.1) is 0 Å². The summed E-state index contributed by atoms with van der Waals surface area (Å²) in [4.78, 5) is 28.3. The molecule has 1 amide bonds. The van der Waals surface area contributed by atoms with Crippen LogP contribution in [0.2, 0.25) is 0 Å². The Bertz CT molecular complexity index is 1120.